The van der Waals surface area contributed by atoms with Crippen LogP contribution in [0, 0.1) is 11.3 Å². The lowest BCUT2D eigenvalue weighted by atomic mass is 10.0. The number of rotatable bonds is 3. The Labute approximate surface area is 100 Å². The molecule has 1 fully saturated rings. The normalized spacial score (nSPS) is 24.9. The van der Waals surface area contributed by atoms with Crippen LogP contribution in [0.3, 0.4) is 0 Å². The van der Waals surface area contributed by atoms with Crippen LogP contribution < -0.4 is 0 Å². The van der Waals surface area contributed by atoms with Gasteiger partial charge in [0, 0.05) is 12.5 Å². The molecule has 1 atom stereocenters. The number of aromatic nitrogens is 3. The molecule has 0 spiro atoms. The third kappa shape index (κ3) is 2.07. The molecule has 2 heterocycles. The minimum Gasteiger partial charge on any atom is -0.248 e. The average Bonchev–Trinajstić information content (AvgIpc) is 2.88. The summed E-state index contributed by atoms with van der Waals surface area (Å²) in [4.78, 5) is 4.28. The van der Waals surface area contributed by atoms with Gasteiger partial charge in [-0.1, -0.05) is 0 Å². The van der Waals surface area contributed by atoms with Gasteiger partial charge >= 0.3 is 0 Å². The van der Waals surface area contributed by atoms with Gasteiger partial charge in [-0.2, -0.15) is 10.4 Å². The molecule has 1 saturated heterocycles. The van der Waals surface area contributed by atoms with E-state index in [9.17, 15) is 5.26 Å². The van der Waals surface area contributed by atoms with E-state index in [0.29, 0.717) is 12.5 Å². The molecular weight excluding hydrogens is 220 g/mol. The third-order valence-electron chi connectivity index (χ3n) is 2.89. The molecule has 1 aliphatic heterocycles. The monoisotopic (exact) mass is 236 g/mol. The topological polar surface area (TPSA) is 54.5 Å². The Morgan fingerprint density at radius 3 is 3.06 bits per heavy atom. The van der Waals surface area contributed by atoms with E-state index >= 15 is 0 Å². The van der Waals surface area contributed by atoms with Crippen LogP contribution in [0.25, 0.3) is 0 Å². The SMILES string of the molecule is CC(C)n1ncnc1CC1(C#N)CCCS1. The van der Waals surface area contributed by atoms with Gasteiger partial charge in [-0.15, -0.1) is 11.8 Å². The molecule has 0 aromatic carbocycles. The number of hydrogen-bond acceptors (Lipinski definition) is 4. The Balaban J connectivity index is 2.20. The fourth-order valence-electron chi connectivity index (χ4n) is 2.05. The second-order valence-electron chi connectivity index (χ2n) is 4.45. The van der Waals surface area contributed by atoms with Gasteiger partial charge in [0.25, 0.3) is 0 Å². The van der Waals surface area contributed by atoms with Crippen molar-refractivity contribution in [1.29, 1.82) is 5.26 Å². The Bertz CT molecular complexity index is 398. The molecule has 16 heavy (non-hydrogen) atoms. The van der Waals surface area contributed by atoms with E-state index in [2.05, 4.69) is 30.0 Å². The van der Waals surface area contributed by atoms with Gasteiger partial charge in [-0.05, 0) is 32.4 Å². The first-order valence-electron chi connectivity index (χ1n) is 5.60. The molecule has 0 aliphatic carbocycles. The molecule has 1 unspecified atom stereocenters. The van der Waals surface area contributed by atoms with Crippen LogP contribution in [0.2, 0.25) is 0 Å². The summed E-state index contributed by atoms with van der Waals surface area (Å²) >= 11 is 1.77. The van der Waals surface area contributed by atoms with Crippen LogP contribution in [0.5, 0.6) is 0 Å². The first-order valence-corrected chi connectivity index (χ1v) is 6.59. The molecule has 0 N–H and O–H groups in total. The Hall–Kier alpha value is -1.02. The standard InChI is InChI=1S/C11H16N4S/c1-9(2)15-10(13-8-14-15)6-11(7-12)4-3-5-16-11/h8-9H,3-6H2,1-2H3. The molecule has 1 aromatic heterocycles. The van der Waals surface area contributed by atoms with E-state index in [-0.39, 0.29) is 4.75 Å². The first kappa shape index (κ1) is 11.5. The number of nitrogens with zero attached hydrogens (tertiary/aromatic N) is 4. The van der Waals surface area contributed by atoms with Crippen molar-refractivity contribution in [3.05, 3.63) is 12.2 Å². The summed E-state index contributed by atoms with van der Waals surface area (Å²) in [5, 5.41) is 13.5. The van der Waals surface area contributed by atoms with Crippen molar-refractivity contribution in [2.75, 3.05) is 5.75 Å². The van der Waals surface area contributed by atoms with Crippen molar-refractivity contribution in [2.45, 2.75) is 43.9 Å². The Morgan fingerprint density at radius 1 is 1.69 bits per heavy atom. The molecular formula is C11H16N4S. The molecule has 5 heteroatoms. The zero-order valence-electron chi connectivity index (χ0n) is 9.68. The van der Waals surface area contributed by atoms with Gasteiger partial charge < -0.3 is 0 Å². The average molecular weight is 236 g/mol. The van der Waals surface area contributed by atoms with Crippen molar-refractivity contribution in [1.82, 2.24) is 14.8 Å². The van der Waals surface area contributed by atoms with Crippen molar-refractivity contribution in [3.63, 3.8) is 0 Å². The van der Waals surface area contributed by atoms with Crippen LogP contribution in [0.15, 0.2) is 6.33 Å². The number of hydrogen-bond donors (Lipinski definition) is 0. The summed E-state index contributed by atoms with van der Waals surface area (Å²) in [6.45, 7) is 4.16. The summed E-state index contributed by atoms with van der Waals surface area (Å²) in [5.74, 6) is 2.02. The molecule has 2 rings (SSSR count). The lowest BCUT2D eigenvalue weighted by Crippen LogP contribution is -2.25. The smallest absolute Gasteiger partial charge is 0.138 e. The predicted octanol–water partition coefficient (Wildman–Crippen LogP) is 2.19. The van der Waals surface area contributed by atoms with Gasteiger partial charge in [0.15, 0.2) is 0 Å². The highest BCUT2D eigenvalue weighted by atomic mass is 32.2. The fourth-order valence-corrected chi connectivity index (χ4v) is 3.32. The zero-order chi connectivity index (χ0) is 11.6. The highest BCUT2D eigenvalue weighted by Gasteiger charge is 2.36. The van der Waals surface area contributed by atoms with Crippen molar-refractivity contribution in [2.24, 2.45) is 0 Å². The van der Waals surface area contributed by atoms with Gasteiger partial charge in [-0.3, -0.25) is 0 Å². The molecule has 4 nitrogen and oxygen atoms in total. The minimum absolute atomic E-state index is 0.264. The maximum atomic E-state index is 9.32. The van der Waals surface area contributed by atoms with E-state index in [0.717, 1.165) is 24.4 Å². The molecule has 0 saturated carbocycles. The molecule has 0 bridgehead atoms. The van der Waals surface area contributed by atoms with Crippen molar-refractivity contribution >= 4 is 11.8 Å². The summed E-state index contributed by atoms with van der Waals surface area (Å²) in [7, 11) is 0. The van der Waals surface area contributed by atoms with Crippen molar-refractivity contribution in [3.8, 4) is 6.07 Å². The van der Waals surface area contributed by atoms with E-state index < -0.39 is 0 Å². The highest BCUT2D eigenvalue weighted by molar-refractivity contribution is 8.01. The fraction of sp³-hybridized carbons (Fsp3) is 0.727. The number of thioether (sulfide) groups is 1. The molecule has 0 amide bonds. The third-order valence-corrected chi connectivity index (χ3v) is 4.37. The quantitative estimate of drug-likeness (QED) is 0.807. The van der Waals surface area contributed by atoms with E-state index in [1.165, 1.54) is 0 Å². The summed E-state index contributed by atoms with van der Waals surface area (Å²) < 4.78 is 1.65. The lowest BCUT2D eigenvalue weighted by molar-refractivity contribution is 0.492. The molecule has 86 valence electrons. The Morgan fingerprint density at radius 2 is 2.50 bits per heavy atom. The van der Waals surface area contributed by atoms with Crippen LogP contribution in [-0.2, 0) is 6.42 Å². The molecule has 0 radical (unpaired) electrons. The molecule has 1 aliphatic rings. The predicted molar refractivity (Wildman–Crippen MR) is 64.1 cm³/mol. The van der Waals surface area contributed by atoms with E-state index in [1.54, 1.807) is 18.1 Å². The maximum absolute atomic E-state index is 9.32. The van der Waals surface area contributed by atoms with Crippen LogP contribution >= 0.6 is 11.8 Å². The van der Waals surface area contributed by atoms with Gasteiger partial charge in [-0.25, -0.2) is 9.67 Å². The van der Waals surface area contributed by atoms with Crippen LogP contribution in [0.4, 0.5) is 0 Å². The van der Waals surface area contributed by atoms with Gasteiger partial charge in [0.05, 0.1) is 6.07 Å². The van der Waals surface area contributed by atoms with Gasteiger partial charge in [0.2, 0.25) is 0 Å². The van der Waals surface area contributed by atoms with Crippen molar-refractivity contribution < 1.29 is 0 Å². The lowest BCUT2D eigenvalue weighted by Gasteiger charge is -2.19. The largest absolute Gasteiger partial charge is 0.248 e. The summed E-state index contributed by atoms with van der Waals surface area (Å²) in [6.07, 6.45) is 4.40. The molecule has 1 aromatic rings. The highest BCUT2D eigenvalue weighted by Crippen LogP contribution is 2.40. The van der Waals surface area contributed by atoms with Crippen LogP contribution in [-0.4, -0.2) is 25.3 Å². The minimum atomic E-state index is -0.264. The second-order valence-corrected chi connectivity index (χ2v) is 5.93. The van der Waals surface area contributed by atoms with Gasteiger partial charge in [0.1, 0.15) is 16.9 Å². The first-order chi connectivity index (χ1) is 7.67. The van der Waals surface area contributed by atoms with Crippen LogP contribution in [0.1, 0.15) is 38.6 Å². The summed E-state index contributed by atoms with van der Waals surface area (Å²) in [6, 6.07) is 2.77. The maximum Gasteiger partial charge on any atom is 0.138 e. The second kappa shape index (κ2) is 4.46. The Kier molecular flexibility index (Phi) is 3.20. The zero-order valence-corrected chi connectivity index (χ0v) is 10.5. The summed E-state index contributed by atoms with van der Waals surface area (Å²) in [5.41, 5.74) is 0. The number of nitriles is 1. The van der Waals surface area contributed by atoms with E-state index in [1.807, 2.05) is 4.68 Å². The van der Waals surface area contributed by atoms with E-state index in [4.69, 9.17) is 0 Å².